The van der Waals surface area contributed by atoms with Crippen molar-refractivity contribution in [2.45, 2.75) is 18.9 Å². The molecule has 2 N–H and O–H groups in total. The standard InChI is InChI=1S/C15H16IN3O2/c16-12-3-5-13(6-4-12)18-9-11(8-17)15(20)19-10-14-2-1-7-21-14/h3-6,9,14,18H,1-2,7,10H2,(H,19,20)/b11-9-. The van der Waals surface area contributed by atoms with Gasteiger partial charge in [0.1, 0.15) is 11.6 Å². The van der Waals surface area contributed by atoms with E-state index >= 15 is 0 Å². The number of hydrogen-bond acceptors (Lipinski definition) is 4. The fraction of sp³-hybridized carbons (Fsp3) is 0.333. The molecule has 1 aromatic rings. The summed E-state index contributed by atoms with van der Waals surface area (Å²) in [6, 6.07) is 9.57. The van der Waals surface area contributed by atoms with E-state index in [9.17, 15) is 4.79 Å². The monoisotopic (exact) mass is 397 g/mol. The third kappa shape index (κ3) is 5.02. The van der Waals surface area contributed by atoms with Crippen molar-refractivity contribution in [3.05, 3.63) is 39.6 Å². The predicted molar refractivity (Wildman–Crippen MR) is 88.5 cm³/mol. The molecule has 0 saturated carbocycles. The molecule has 1 aliphatic heterocycles. The Bertz CT molecular complexity index is 557. The number of hydrogen-bond donors (Lipinski definition) is 2. The number of rotatable bonds is 5. The van der Waals surface area contributed by atoms with Gasteiger partial charge in [-0.05, 0) is 59.7 Å². The largest absolute Gasteiger partial charge is 0.376 e. The fourth-order valence-electron chi connectivity index (χ4n) is 1.96. The van der Waals surface area contributed by atoms with Crippen LogP contribution in [0.1, 0.15) is 12.8 Å². The molecule has 2 rings (SSSR count). The van der Waals surface area contributed by atoms with Gasteiger partial charge in [0, 0.05) is 28.6 Å². The van der Waals surface area contributed by atoms with E-state index in [2.05, 4.69) is 33.2 Å². The summed E-state index contributed by atoms with van der Waals surface area (Å²) >= 11 is 2.21. The maximum Gasteiger partial charge on any atom is 0.263 e. The minimum atomic E-state index is -0.383. The number of nitrogens with zero attached hydrogens (tertiary/aromatic N) is 1. The molecule has 0 aromatic heterocycles. The Kier molecular flexibility index (Phi) is 6.02. The van der Waals surface area contributed by atoms with Crippen molar-refractivity contribution < 1.29 is 9.53 Å². The molecule has 1 aliphatic rings. The maximum absolute atomic E-state index is 11.9. The molecule has 0 spiro atoms. The van der Waals surface area contributed by atoms with Crippen LogP contribution in [-0.4, -0.2) is 25.2 Å². The number of nitriles is 1. The van der Waals surface area contributed by atoms with Gasteiger partial charge in [0.15, 0.2) is 0 Å². The molecule has 6 heteroatoms. The SMILES string of the molecule is N#C/C(=C/Nc1ccc(I)cc1)C(=O)NCC1CCCO1. The zero-order valence-corrected chi connectivity index (χ0v) is 13.6. The molecule has 21 heavy (non-hydrogen) atoms. The maximum atomic E-state index is 11.9. The molecule has 1 heterocycles. The summed E-state index contributed by atoms with van der Waals surface area (Å²) < 4.78 is 6.55. The summed E-state index contributed by atoms with van der Waals surface area (Å²) in [6.07, 6.45) is 3.47. The van der Waals surface area contributed by atoms with Crippen LogP contribution in [0.15, 0.2) is 36.0 Å². The van der Waals surface area contributed by atoms with Gasteiger partial charge in [-0.15, -0.1) is 0 Å². The highest BCUT2D eigenvalue weighted by Gasteiger charge is 2.17. The summed E-state index contributed by atoms with van der Waals surface area (Å²) in [5, 5.41) is 14.7. The third-order valence-electron chi connectivity index (χ3n) is 3.11. The van der Waals surface area contributed by atoms with Crippen LogP contribution < -0.4 is 10.6 Å². The Hall–Kier alpha value is -1.59. The molecule has 1 saturated heterocycles. The smallest absolute Gasteiger partial charge is 0.263 e. The first-order chi connectivity index (χ1) is 10.2. The molecule has 1 amide bonds. The Morgan fingerprint density at radius 2 is 2.24 bits per heavy atom. The number of carbonyl (C=O) groups is 1. The van der Waals surface area contributed by atoms with Gasteiger partial charge in [0.2, 0.25) is 0 Å². The van der Waals surface area contributed by atoms with Crippen molar-refractivity contribution in [3.63, 3.8) is 0 Å². The van der Waals surface area contributed by atoms with E-state index in [4.69, 9.17) is 10.00 Å². The zero-order valence-electron chi connectivity index (χ0n) is 11.4. The van der Waals surface area contributed by atoms with Gasteiger partial charge < -0.3 is 15.4 Å². The average Bonchev–Trinajstić information content (AvgIpc) is 3.01. The molecule has 1 fully saturated rings. The van der Waals surface area contributed by atoms with Crippen LogP contribution in [0.25, 0.3) is 0 Å². The van der Waals surface area contributed by atoms with E-state index in [0.717, 1.165) is 28.7 Å². The highest BCUT2D eigenvalue weighted by molar-refractivity contribution is 14.1. The van der Waals surface area contributed by atoms with Crippen molar-refractivity contribution in [1.29, 1.82) is 5.26 Å². The van der Waals surface area contributed by atoms with Gasteiger partial charge in [0.05, 0.1) is 6.10 Å². The number of anilines is 1. The molecular weight excluding hydrogens is 381 g/mol. The van der Waals surface area contributed by atoms with Gasteiger partial charge in [-0.3, -0.25) is 4.79 Å². The lowest BCUT2D eigenvalue weighted by molar-refractivity contribution is -0.117. The second kappa shape index (κ2) is 8.00. The number of ether oxygens (including phenoxy) is 1. The molecule has 110 valence electrons. The van der Waals surface area contributed by atoms with Gasteiger partial charge in [-0.1, -0.05) is 0 Å². The van der Waals surface area contributed by atoms with Crippen LogP contribution in [0.3, 0.4) is 0 Å². The second-order valence-electron chi connectivity index (χ2n) is 4.67. The fourth-order valence-corrected chi connectivity index (χ4v) is 2.32. The van der Waals surface area contributed by atoms with Crippen LogP contribution in [0, 0.1) is 14.9 Å². The van der Waals surface area contributed by atoms with E-state index in [1.165, 1.54) is 6.20 Å². The molecule has 0 aliphatic carbocycles. The van der Waals surface area contributed by atoms with Gasteiger partial charge in [0.25, 0.3) is 5.91 Å². The first-order valence-corrected chi connectivity index (χ1v) is 7.79. The van der Waals surface area contributed by atoms with E-state index in [1.54, 1.807) is 0 Å². The van der Waals surface area contributed by atoms with Crippen molar-refractivity contribution in [2.75, 3.05) is 18.5 Å². The lowest BCUT2D eigenvalue weighted by Gasteiger charge is -2.10. The van der Waals surface area contributed by atoms with Gasteiger partial charge >= 0.3 is 0 Å². The molecule has 0 bridgehead atoms. The van der Waals surface area contributed by atoms with Crippen LogP contribution in [0.2, 0.25) is 0 Å². The summed E-state index contributed by atoms with van der Waals surface area (Å²) in [4.78, 5) is 11.9. The minimum Gasteiger partial charge on any atom is -0.376 e. The molecule has 1 aromatic carbocycles. The number of amides is 1. The van der Waals surface area contributed by atoms with Crippen LogP contribution in [0.5, 0.6) is 0 Å². The Labute approximate surface area is 137 Å². The third-order valence-corrected chi connectivity index (χ3v) is 3.83. The first-order valence-electron chi connectivity index (χ1n) is 6.71. The molecule has 1 atom stereocenters. The summed E-state index contributed by atoms with van der Waals surface area (Å²) in [5.74, 6) is -0.383. The summed E-state index contributed by atoms with van der Waals surface area (Å²) in [7, 11) is 0. The lowest BCUT2D eigenvalue weighted by Crippen LogP contribution is -2.32. The van der Waals surface area contributed by atoms with Gasteiger partial charge in [-0.2, -0.15) is 5.26 Å². The normalized spacial score (nSPS) is 18.1. The Balaban J connectivity index is 1.88. The van der Waals surface area contributed by atoms with Crippen LogP contribution in [-0.2, 0) is 9.53 Å². The molecule has 5 nitrogen and oxygen atoms in total. The quantitative estimate of drug-likeness (QED) is 0.455. The van der Waals surface area contributed by atoms with Crippen LogP contribution in [0.4, 0.5) is 5.69 Å². The molecule has 0 radical (unpaired) electrons. The Morgan fingerprint density at radius 3 is 2.86 bits per heavy atom. The first kappa shape index (κ1) is 15.8. The van der Waals surface area contributed by atoms with Gasteiger partial charge in [-0.25, -0.2) is 0 Å². The van der Waals surface area contributed by atoms with Crippen molar-refractivity contribution in [1.82, 2.24) is 5.32 Å². The molecule has 1 unspecified atom stereocenters. The van der Waals surface area contributed by atoms with Crippen molar-refractivity contribution in [3.8, 4) is 6.07 Å². The average molecular weight is 397 g/mol. The second-order valence-corrected chi connectivity index (χ2v) is 5.91. The lowest BCUT2D eigenvalue weighted by atomic mass is 10.2. The number of nitrogens with one attached hydrogen (secondary N) is 2. The topological polar surface area (TPSA) is 74.2 Å². The van der Waals surface area contributed by atoms with E-state index in [1.807, 2.05) is 30.3 Å². The zero-order chi connectivity index (χ0) is 15.1. The highest BCUT2D eigenvalue weighted by Crippen LogP contribution is 2.12. The summed E-state index contributed by atoms with van der Waals surface area (Å²) in [6.45, 7) is 1.19. The van der Waals surface area contributed by atoms with E-state index in [-0.39, 0.29) is 17.6 Å². The number of halogens is 1. The van der Waals surface area contributed by atoms with E-state index in [0.29, 0.717) is 6.54 Å². The van der Waals surface area contributed by atoms with E-state index < -0.39 is 0 Å². The minimum absolute atomic E-state index is 0.0477. The number of benzene rings is 1. The summed E-state index contributed by atoms with van der Waals surface area (Å²) in [5.41, 5.74) is 0.877. The number of carbonyl (C=O) groups excluding carboxylic acids is 1. The predicted octanol–water partition coefficient (Wildman–Crippen LogP) is 2.41. The molecular formula is C15H16IN3O2. The van der Waals surface area contributed by atoms with Crippen molar-refractivity contribution >= 4 is 34.2 Å². The highest BCUT2D eigenvalue weighted by atomic mass is 127. The van der Waals surface area contributed by atoms with Crippen LogP contribution >= 0.6 is 22.6 Å². The Morgan fingerprint density at radius 1 is 1.48 bits per heavy atom. The van der Waals surface area contributed by atoms with Crippen molar-refractivity contribution in [2.24, 2.45) is 0 Å².